The molecule has 0 atom stereocenters. The molecule has 0 saturated carbocycles. The van der Waals surface area contributed by atoms with Gasteiger partial charge in [-0.1, -0.05) is 6.07 Å². The van der Waals surface area contributed by atoms with Gasteiger partial charge in [0.15, 0.2) is 0 Å². The standard InChI is InChI=1S/C21H35N5O3S/c1-24(2)11-13-26(14-12-25(3)4)30(28,29)23-21(27)22-20-18-9-5-7-16(18)15-17-8-6-10-19(17)20/h15H,5-14H2,1-4H3,(H2,22,23,27). The zero-order valence-electron chi connectivity index (χ0n) is 18.6. The molecular weight excluding hydrogens is 402 g/mol. The monoisotopic (exact) mass is 437 g/mol. The van der Waals surface area contributed by atoms with Gasteiger partial charge in [0.25, 0.3) is 0 Å². The number of benzene rings is 1. The van der Waals surface area contributed by atoms with E-state index >= 15 is 0 Å². The average Bonchev–Trinajstić information content (AvgIpc) is 3.29. The Kier molecular flexibility index (Phi) is 7.38. The Morgan fingerprint density at radius 2 is 1.37 bits per heavy atom. The molecule has 0 radical (unpaired) electrons. The highest BCUT2D eigenvalue weighted by atomic mass is 32.2. The molecule has 0 heterocycles. The van der Waals surface area contributed by atoms with Crippen molar-refractivity contribution in [1.82, 2.24) is 18.8 Å². The molecule has 1 aromatic carbocycles. The molecule has 0 fully saturated rings. The number of hydrogen-bond donors (Lipinski definition) is 2. The second-order valence-electron chi connectivity index (χ2n) is 8.80. The van der Waals surface area contributed by atoms with E-state index < -0.39 is 16.2 Å². The summed E-state index contributed by atoms with van der Waals surface area (Å²) in [5, 5.41) is 2.91. The van der Waals surface area contributed by atoms with Crippen LogP contribution in [0.25, 0.3) is 0 Å². The number of rotatable bonds is 9. The molecule has 8 nitrogen and oxygen atoms in total. The first-order valence-electron chi connectivity index (χ1n) is 10.7. The van der Waals surface area contributed by atoms with E-state index in [1.165, 1.54) is 26.6 Å². The van der Waals surface area contributed by atoms with Crippen molar-refractivity contribution in [2.24, 2.45) is 0 Å². The van der Waals surface area contributed by atoms with E-state index in [2.05, 4.69) is 16.1 Å². The maximum Gasteiger partial charge on any atom is 0.333 e. The molecule has 168 valence electrons. The molecule has 0 saturated heterocycles. The lowest BCUT2D eigenvalue weighted by atomic mass is 9.99. The summed E-state index contributed by atoms with van der Waals surface area (Å²) in [6.07, 6.45) is 6.08. The second-order valence-corrected chi connectivity index (χ2v) is 10.5. The fraction of sp³-hybridized carbons (Fsp3) is 0.667. The molecule has 0 unspecified atom stereocenters. The number of urea groups is 1. The van der Waals surface area contributed by atoms with Gasteiger partial charge in [0, 0.05) is 31.9 Å². The third-order valence-electron chi connectivity index (χ3n) is 5.87. The molecule has 2 N–H and O–H groups in total. The van der Waals surface area contributed by atoms with Gasteiger partial charge in [-0.3, -0.25) is 0 Å². The lowest BCUT2D eigenvalue weighted by Crippen LogP contribution is -2.49. The number of carbonyl (C=O) groups is 1. The Morgan fingerprint density at radius 1 is 0.867 bits per heavy atom. The first kappa shape index (κ1) is 23.0. The Morgan fingerprint density at radius 3 is 1.83 bits per heavy atom. The quantitative estimate of drug-likeness (QED) is 0.611. The minimum absolute atomic E-state index is 0.319. The summed E-state index contributed by atoms with van der Waals surface area (Å²) < 4.78 is 29.5. The summed E-state index contributed by atoms with van der Waals surface area (Å²) in [5.74, 6) is 0. The molecule has 1 aromatic rings. The van der Waals surface area contributed by atoms with Crippen molar-refractivity contribution in [3.8, 4) is 0 Å². The minimum atomic E-state index is -3.94. The van der Waals surface area contributed by atoms with Gasteiger partial charge < -0.3 is 15.1 Å². The molecule has 9 heteroatoms. The summed E-state index contributed by atoms with van der Waals surface area (Å²) >= 11 is 0. The lowest BCUT2D eigenvalue weighted by Gasteiger charge is -2.25. The highest BCUT2D eigenvalue weighted by Gasteiger charge is 2.28. The smallest absolute Gasteiger partial charge is 0.308 e. The number of hydrogen-bond acceptors (Lipinski definition) is 5. The largest absolute Gasteiger partial charge is 0.333 e. The van der Waals surface area contributed by atoms with Crippen LogP contribution in [0.15, 0.2) is 6.07 Å². The maximum atomic E-state index is 12.9. The van der Waals surface area contributed by atoms with E-state index in [1.54, 1.807) is 0 Å². The van der Waals surface area contributed by atoms with E-state index in [-0.39, 0.29) is 0 Å². The van der Waals surface area contributed by atoms with Gasteiger partial charge in [0.1, 0.15) is 0 Å². The highest BCUT2D eigenvalue weighted by molar-refractivity contribution is 7.87. The number of aryl methyl sites for hydroxylation is 2. The van der Waals surface area contributed by atoms with Gasteiger partial charge in [-0.15, -0.1) is 0 Å². The van der Waals surface area contributed by atoms with Gasteiger partial charge in [-0.2, -0.15) is 12.7 Å². The van der Waals surface area contributed by atoms with Crippen molar-refractivity contribution in [2.75, 3.05) is 59.7 Å². The SMILES string of the molecule is CN(C)CCN(CCN(C)C)S(=O)(=O)NC(=O)Nc1c2c(cc3c1CCC3)CCC2. The molecule has 30 heavy (non-hydrogen) atoms. The second kappa shape index (κ2) is 9.64. The van der Waals surface area contributed by atoms with Crippen LogP contribution in [0, 0.1) is 0 Å². The molecule has 0 spiro atoms. The summed E-state index contributed by atoms with van der Waals surface area (Å²) in [4.78, 5) is 16.6. The minimum Gasteiger partial charge on any atom is -0.308 e. The summed E-state index contributed by atoms with van der Waals surface area (Å²) in [6, 6.07) is 1.61. The maximum absolute atomic E-state index is 12.9. The third kappa shape index (κ3) is 5.51. The van der Waals surface area contributed by atoms with Crippen LogP contribution in [-0.2, 0) is 35.9 Å². The van der Waals surface area contributed by atoms with Crippen molar-refractivity contribution in [1.29, 1.82) is 0 Å². The van der Waals surface area contributed by atoms with Crippen LogP contribution in [-0.4, -0.2) is 82.9 Å². The predicted molar refractivity (Wildman–Crippen MR) is 120 cm³/mol. The number of nitrogens with one attached hydrogen (secondary N) is 2. The van der Waals surface area contributed by atoms with E-state index in [0.29, 0.717) is 26.2 Å². The van der Waals surface area contributed by atoms with Crippen molar-refractivity contribution in [2.45, 2.75) is 38.5 Å². The van der Waals surface area contributed by atoms with Crippen LogP contribution in [0.5, 0.6) is 0 Å². The first-order valence-corrected chi connectivity index (χ1v) is 12.2. The van der Waals surface area contributed by atoms with Crippen molar-refractivity contribution in [3.05, 3.63) is 28.3 Å². The van der Waals surface area contributed by atoms with Crippen LogP contribution in [0.2, 0.25) is 0 Å². The van der Waals surface area contributed by atoms with Crippen LogP contribution in [0.4, 0.5) is 10.5 Å². The summed E-state index contributed by atoms with van der Waals surface area (Å²) in [5.41, 5.74) is 5.80. The fourth-order valence-corrected chi connectivity index (χ4v) is 5.32. The molecular formula is C21H35N5O3S. The Balaban J connectivity index is 1.74. The Bertz CT molecular complexity index is 839. The number of fused-ring (bicyclic) bond motifs is 2. The number of anilines is 1. The predicted octanol–water partition coefficient (Wildman–Crippen LogP) is 1.46. The van der Waals surface area contributed by atoms with Crippen LogP contribution in [0.1, 0.15) is 35.1 Å². The fourth-order valence-electron chi connectivity index (χ4n) is 4.26. The van der Waals surface area contributed by atoms with Crippen LogP contribution < -0.4 is 10.0 Å². The van der Waals surface area contributed by atoms with Gasteiger partial charge in [-0.25, -0.2) is 9.52 Å². The zero-order valence-corrected chi connectivity index (χ0v) is 19.4. The van der Waals surface area contributed by atoms with Crippen molar-refractivity contribution >= 4 is 21.9 Å². The van der Waals surface area contributed by atoms with Crippen LogP contribution >= 0.6 is 0 Å². The summed E-state index contributed by atoms with van der Waals surface area (Å²) in [6.45, 7) is 1.80. The number of nitrogens with zero attached hydrogens (tertiary/aromatic N) is 3. The van der Waals surface area contributed by atoms with Gasteiger partial charge in [0.2, 0.25) is 0 Å². The third-order valence-corrected chi connectivity index (χ3v) is 7.35. The molecule has 2 aliphatic rings. The number of amides is 2. The average molecular weight is 438 g/mol. The highest BCUT2D eigenvalue weighted by Crippen LogP contribution is 2.38. The first-order chi connectivity index (χ1) is 14.2. The molecule has 0 aromatic heterocycles. The molecule has 0 bridgehead atoms. The normalized spacial score (nSPS) is 15.7. The molecule has 2 aliphatic carbocycles. The lowest BCUT2D eigenvalue weighted by molar-refractivity contribution is 0.254. The molecule has 2 amide bonds. The number of carbonyl (C=O) groups excluding carboxylic acids is 1. The summed E-state index contributed by atoms with van der Waals surface area (Å²) in [7, 11) is 3.64. The number of likely N-dealkylation sites (N-methyl/N-ethyl adjacent to an activating group) is 2. The van der Waals surface area contributed by atoms with Crippen molar-refractivity contribution < 1.29 is 13.2 Å². The van der Waals surface area contributed by atoms with Gasteiger partial charge in [-0.05, 0) is 89.0 Å². The van der Waals surface area contributed by atoms with E-state index in [0.717, 1.165) is 44.2 Å². The Hall–Kier alpha value is -1.68. The zero-order chi connectivity index (χ0) is 21.9. The van der Waals surface area contributed by atoms with Gasteiger partial charge >= 0.3 is 16.2 Å². The topological polar surface area (TPSA) is 85.0 Å². The van der Waals surface area contributed by atoms with Crippen LogP contribution in [0.3, 0.4) is 0 Å². The van der Waals surface area contributed by atoms with E-state index in [1.807, 2.05) is 38.0 Å². The molecule has 3 rings (SSSR count). The van der Waals surface area contributed by atoms with E-state index in [4.69, 9.17) is 0 Å². The molecule has 0 aliphatic heterocycles. The Labute approximate surface area is 180 Å². The van der Waals surface area contributed by atoms with Crippen molar-refractivity contribution in [3.63, 3.8) is 0 Å². The van der Waals surface area contributed by atoms with Gasteiger partial charge in [0.05, 0.1) is 0 Å². The van der Waals surface area contributed by atoms with E-state index in [9.17, 15) is 13.2 Å².